The maximum atomic E-state index is 4.52. The molecule has 1 aliphatic carbocycles. The zero-order valence-corrected chi connectivity index (χ0v) is 14.1. The van der Waals surface area contributed by atoms with E-state index in [1.807, 2.05) is 6.20 Å². The zero-order valence-electron chi connectivity index (χ0n) is 12.5. The van der Waals surface area contributed by atoms with Gasteiger partial charge in [-0.25, -0.2) is 4.98 Å². The number of aromatic nitrogens is 2. The van der Waals surface area contributed by atoms with Gasteiger partial charge in [0, 0.05) is 28.6 Å². The van der Waals surface area contributed by atoms with E-state index in [0.717, 1.165) is 22.5 Å². The van der Waals surface area contributed by atoms with Crippen LogP contribution in [0.3, 0.4) is 0 Å². The zero-order chi connectivity index (χ0) is 14.7. The van der Waals surface area contributed by atoms with E-state index in [1.54, 1.807) is 0 Å². The quantitative estimate of drug-likeness (QED) is 0.795. The second-order valence-corrected chi connectivity index (χ2v) is 6.65. The van der Waals surface area contributed by atoms with Crippen molar-refractivity contribution in [2.75, 3.05) is 5.32 Å². The third kappa shape index (κ3) is 3.31. The first kappa shape index (κ1) is 14.6. The number of nitrogens with zero attached hydrogens (tertiary/aromatic N) is 2. The molecule has 1 N–H and O–H groups in total. The molecule has 0 unspecified atom stereocenters. The molecule has 112 valence electrons. The number of rotatable bonds is 4. The molecular formula is C17H22BrN3. The molecule has 2 aromatic rings. The van der Waals surface area contributed by atoms with Crippen LogP contribution in [-0.2, 0) is 6.42 Å². The van der Waals surface area contributed by atoms with Crippen molar-refractivity contribution in [1.29, 1.82) is 0 Å². The number of benzene rings is 1. The fourth-order valence-electron chi connectivity index (χ4n) is 3.16. The van der Waals surface area contributed by atoms with Crippen LogP contribution in [0.2, 0.25) is 0 Å². The van der Waals surface area contributed by atoms with E-state index in [4.69, 9.17) is 0 Å². The van der Waals surface area contributed by atoms with Gasteiger partial charge in [0.25, 0.3) is 0 Å². The van der Waals surface area contributed by atoms with E-state index in [0.29, 0.717) is 6.04 Å². The highest BCUT2D eigenvalue weighted by molar-refractivity contribution is 9.10. The van der Waals surface area contributed by atoms with Crippen molar-refractivity contribution in [3.8, 4) is 0 Å². The Morgan fingerprint density at radius 3 is 2.86 bits per heavy atom. The summed E-state index contributed by atoms with van der Waals surface area (Å²) in [5, 5.41) is 3.53. The van der Waals surface area contributed by atoms with Crippen LogP contribution >= 0.6 is 15.9 Å². The highest BCUT2D eigenvalue weighted by Gasteiger charge is 2.18. The maximum absolute atomic E-state index is 4.52. The Hall–Kier alpha value is -1.29. The van der Waals surface area contributed by atoms with Gasteiger partial charge in [0.15, 0.2) is 0 Å². The van der Waals surface area contributed by atoms with Crippen molar-refractivity contribution in [3.63, 3.8) is 0 Å². The lowest BCUT2D eigenvalue weighted by Crippen LogP contribution is -2.14. The molecule has 1 aromatic heterocycles. The Morgan fingerprint density at radius 1 is 1.29 bits per heavy atom. The minimum atomic E-state index is 0.601. The maximum Gasteiger partial charge on any atom is 0.207 e. The van der Waals surface area contributed by atoms with Crippen LogP contribution in [0.4, 0.5) is 11.6 Å². The van der Waals surface area contributed by atoms with Crippen LogP contribution in [0.1, 0.15) is 50.6 Å². The minimum absolute atomic E-state index is 0.601. The summed E-state index contributed by atoms with van der Waals surface area (Å²) in [6, 6.07) is 6.98. The van der Waals surface area contributed by atoms with E-state index in [2.05, 4.69) is 62.1 Å². The van der Waals surface area contributed by atoms with Gasteiger partial charge < -0.3 is 9.88 Å². The summed E-state index contributed by atoms with van der Waals surface area (Å²) in [6.45, 7) is 2.18. The average Bonchev–Trinajstić information content (AvgIpc) is 2.98. The molecule has 0 radical (unpaired) electrons. The molecule has 0 atom stereocenters. The van der Waals surface area contributed by atoms with Crippen molar-refractivity contribution >= 4 is 27.6 Å². The molecule has 1 aromatic carbocycles. The van der Waals surface area contributed by atoms with Gasteiger partial charge >= 0.3 is 0 Å². The molecule has 3 nitrogen and oxygen atoms in total. The number of aryl methyl sites for hydroxylation is 1. The van der Waals surface area contributed by atoms with Gasteiger partial charge in [0.05, 0.1) is 0 Å². The SMILES string of the molecule is CCc1cc(Br)ccc1Nc1nccn1C1CCCCC1. The summed E-state index contributed by atoms with van der Waals surface area (Å²) >= 11 is 3.54. The van der Waals surface area contributed by atoms with Gasteiger partial charge in [-0.05, 0) is 43.0 Å². The van der Waals surface area contributed by atoms with Gasteiger partial charge in [0.1, 0.15) is 0 Å². The Morgan fingerprint density at radius 2 is 2.10 bits per heavy atom. The van der Waals surface area contributed by atoms with Crippen LogP contribution < -0.4 is 5.32 Å². The number of hydrogen-bond acceptors (Lipinski definition) is 2. The fourth-order valence-corrected chi connectivity index (χ4v) is 3.57. The molecule has 1 heterocycles. The van der Waals surface area contributed by atoms with E-state index >= 15 is 0 Å². The first-order valence-electron chi connectivity index (χ1n) is 7.86. The number of nitrogens with one attached hydrogen (secondary N) is 1. The molecule has 21 heavy (non-hydrogen) atoms. The second-order valence-electron chi connectivity index (χ2n) is 5.73. The molecule has 4 heteroatoms. The standard InChI is InChI=1S/C17H22BrN3/c1-2-13-12-14(18)8-9-16(13)20-17-19-10-11-21(17)15-6-4-3-5-7-15/h8-12,15H,2-7H2,1H3,(H,19,20). The molecule has 1 saturated carbocycles. The number of halogens is 1. The number of imidazole rings is 1. The van der Waals surface area contributed by atoms with E-state index < -0.39 is 0 Å². The summed E-state index contributed by atoms with van der Waals surface area (Å²) in [5.74, 6) is 0.971. The molecular weight excluding hydrogens is 326 g/mol. The topological polar surface area (TPSA) is 29.9 Å². The first-order valence-corrected chi connectivity index (χ1v) is 8.65. The summed E-state index contributed by atoms with van der Waals surface area (Å²) in [6.07, 6.45) is 11.6. The van der Waals surface area contributed by atoms with E-state index in [9.17, 15) is 0 Å². The highest BCUT2D eigenvalue weighted by atomic mass is 79.9. The molecule has 0 aliphatic heterocycles. The lowest BCUT2D eigenvalue weighted by Gasteiger charge is -2.25. The van der Waals surface area contributed by atoms with Gasteiger partial charge in [-0.15, -0.1) is 0 Å². The monoisotopic (exact) mass is 347 g/mol. The molecule has 0 bridgehead atoms. The predicted octanol–water partition coefficient (Wildman–Crippen LogP) is 5.46. The molecule has 1 fully saturated rings. The number of anilines is 2. The van der Waals surface area contributed by atoms with Crippen molar-refractivity contribution in [2.24, 2.45) is 0 Å². The van der Waals surface area contributed by atoms with Gasteiger partial charge in [0.2, 0.25) is 5.95 Å². The summed E-state index contributed by atoms with van der Waals surface area (Å²) in [7, 11) is 0. The lowest BCUT2D eigenvalue weighted by molar-refractivity contribution is 0.356. The van der Waals surface area contributed by atoms with Crippen molar-refractivity contribution < 1.29 is 0 Å². The first-order chi connectivity index (χ1) is 10.3. The van der Waals surface area contributed by atoms with Crippen LogP contribution in [0.15, 0.2) is 35.1 Å². The van der Waals surface area contributed by atoms with Gasteiger partial charge in [-0.3, -0.25) is 0 Å². The summed E-state index contributed by atoms with van der Waals surface area (Å²) < 4.78 is 3.45. The molecule has 0 spiro atoms. The van der Waals surface area contributed by atoms with Crippen LogP contribution in [-0.4, -0.2) is 9.55 Å². The van der Waals surface area contributed by atoms with Crippen molar-refractivity contribution in [1.82, 2.24) is 9.55 Å². The normalized spacial score (nSPS) is 16.1. The third-order valence-corrected chi connectivity index (χ3v) is 4.82. The predicted molar refractivity (Wildman–Crippen MR) is 91.2 cm³/mol. The largest absolute Gasteiger partial charge is 0.325 e. The molecule has 1 aliphatic rings. The Bertz CT molecular complexity index is 600. The highest BCUT2D eigenvalue weighted by Crippen LogP contribution is 2.32. The van der Waals surface area contributed by atoms with Gasteiger partial charge in [-0.2, -0.15) is 0 Å². The van der Waals surface area contributed by atoms with Crippen LogP contribution in [0.25, 0.3) is 0 Å². The smallest absolute Gasteiger partial charge is 0.207 e. The molecule has 0 saturated heterocycles. The molecule has 3 rings (SSSR count). The summed E-state index contributed by atoms with van der Waals surface area (Å²) in [5.41, 5.74) is 2.46. The summed E-state index contributed by atoms with van der Waals surface area (Å²) in [4.78, 5) is 4.52. The molecule has 0 amide bonds. The Kier molecular flexibility index (Phi) is 4.63. The van der Waals surface area contributed by atoms with E-state index in [-0.39, 0.29) is 0 Å². The van der Waals surface area contributed by atoms with Gasteiger partial charge in [-0.1, -0.05) is 42.1 Å². The fraction of sp³-hybridized carbons (Fsp3) is 0.471. The third-order valence-electron chi connectivity index (χ3n) is 4.33. The van der Waals surface area contributed by atoms with Crippen LogP contribution in [0, 0.1) is 0 Å². The Labute approximate surface area is 134 Å². The lowest BCUT2D eigenvalue weighted by atomic mass is 9.95. The minimum Gasteiger partial charge on any atom is -0.325 e. The van der Waals surface area contributed by atoms with Crippen LogP contribution in [0.5, 0.6) is 0 Å². The van der Waals surface area contributed by atoms with Crippen molar-refractivity contribution in [2.45, 2.75) is 51.5 Å². The van der Waals surface area contributed by atoms with Crippen molar-refractivity contribution in [3.05, 3.63) is 40.6 Å². The average molecular weight is 348 g/mol. The second kappa shape index (κ2) is 6.65. The Balaban J connectivity index is 1.84. The van der Waals surface area contributed by atoms with E-state index in [1.165, 1.54) is 37.7 Å². The number of hydrogen-bond donors (Lipinski definition) is 1.